The zero-order valence-corrected chi connectivity index (χ0v) is 21.9. The molecule has 37 heavy (non-hydrogen) atoms. The summed E-state index contributed by atoms with van der Waals surface area (Å²) in [5.74, 6) is -0.201. The Kier molecular flexibility index (Phi) is 7.34. The lowest BCUT2D eigenvalue weighted by Crippen LogP contribution is -2.55. The van der Waals surface area contributed by atoms with Crippen molar-refractivity contribution in [3.05, 3.63) is 65.5 Å². The third kappa shape index (κ3) is 5.89. The first-order valence-corrected chi connectivity index (χ1v) is 13.7. The van der Waals surface area contributed by atoms with Crippen molar-refractivity contribution < 1.29 is 9.59 Å². The van der Waals surface area contributed by atoms with Crippen LogP contribution in [0.4, 0.5) is 21.9 Å². The van der Waals surface area contributed by atoms with E-state index in [0.29, 0.717) is 16.9 Å². The molecule has 0 atom stereocenters. The van der Waals surface area contributed by atoms with E-state index in [1.807, 2.05) is 69.8 Å². The first kappa shape index (κ1) is 25.1. The van der Waals surface area contributed by atoms with E-state index in [1.165, 1.54) is 0 Å². The van der Waals surface area contributed by atoms with E-state index in [4.69, 9.17) is 5.73 Å². The Morgan fingerprint density at radius 2 is 1.68 bits per heavy atom. The van der Waals surface area contributed by atoms with Crippen molar-refractivity contribution in [1.29, 1.82) is 0 Å². The Morgan fingerprint density at radius 1 is 0.973 bits per heavy atom. The van der Waals surface area contributed by atoms with Gasteiger partial charge in [-0.25, -0.2) is 4.79 Å². The van der Waals surface area contributed by atoms with Gasteiger partial charge in [-0.1, -0.05) is 12.1 Å². The number of rotatable bonds is 5. The number of benzene rings is 2. The molecule has 2 aliphatic rings. The topological polar surface area (TPSA) is 103 Å². The van der Waals surface area contributed by atoms with Crippen molar-refractivity contribution >= 4 is 40.3 Å². The molecule has 9 heteroatoms. The zero-order chi connectivity index (χ0) is 25.8. The maximum absolute atomic E-state index is 12.9. The number of likely N-dealkylation sites (tertiary alicyclic amines) is 1. The van der Waals surface area contributed by atoms with Gasteiger partial charge in [-0.05, 0) is 73.2 Å². The van der Waals surface area contributed by atoms with E-state index in [0.717, 1.165) is 68.2 Å². The standard InChI is InChI=1S/C28H34N6O2S/c1-28(10-14-33(15-11-28)27(36)34-16-12-30-13-17-34)32-22-7-4-20(5-8-22)26(35)31-24-19-21(6-9-23(24)29)25-3-2-18-37-25/h2-9,18-19,30,32H,10-17,29H2,1H3,(H,31,35). The summed E-state index contributed by atoms with van der Waals surface area (Å²) >= 11 is 1.64. The molecule has 0 spiro atoms. The SMILES string of the molecule is CC1(Nc2ccc(C(=O)Nc3cc(-c4cccs4)ccc3N)cc2)CCN(C(=O)N2CCNCC2)CC1. The Hall–Kier alpha value is -3.56. The van der Waals surface area contributed by atoms with Gasteiger partial charge in [0.1, 0.15) is 0 Å². The molecular weight excluding hydrogens is 484 g/mol. The second-order valence-electron chi connectivity index (χ2n) is 10.0. The molecule has 5 rings (SSSR count). The second-order valence-corrected chi connectivity index (χ2v) is 11.0. The molecule has 0 aliphatic carbocycles. The number of anilines is 3. The number of piperidine rings is 1. The molecule has 3 aromatic rings. The summed E-state index contributed by atoms with van der Waals surface area (Å²) in [5.41, 5.74) is 9.70. The van der Waals surface area contributed by atoms with E-state index in [-0.39, 0.29) is 17.5 Å². The number of nitrogens with two attached hydrogens (primary N) is 1. The van der Waals surface area contributed by atoms with Crippen molar-refractivity contribution in [3.8, 4) is 10.4 Å². The lowest BCUT2D eigenvalue weighted by Gasteiger charge is -2.42. The number of nitrogen functional groups attached to an aromatic ring is 1. The van der Waals surface area contributed by atoms with E-state index in [2.05, 4.69) is 22.9 Å². The fourth-order valence-corrected chi connectivity index (χ4v) is 5.61. The predicted molar refractivity (Wildman–Crippen MR) is 151 cm³/mol. The Labute approximate surface area is 221 Å². The maximum atomic E-state index is 12.9. The summed E-state index contributed by atoms with van der Waals surface area (Å²) in [6, 6.07) is 17.4. The highest BCUT2D eigenvalue weighted by Gasteiger charge is 2.33. The molecule has 0 bridgehead atoms. The van der Waals surface area contributed by atoms with Crippen LogP contribution in [0.5, 0.6) is 0 Å². The molecule has 2 aliphatic heterocycles. The first-order chi connectivity index (χ1) is 17.9. The third-order valence-electron chi connectivity index (χ3n) is 7.23. The smallest absolute Gasteiger partial charge is 0.320 e. The molecule has 2 aromatic carbocycles. The summed E-state index contributed by atoms with van der Waals surface area (Å²) in [5, 5.41) is 11.9. The number of carbonyl (C=O) groups is 2. The van der Waals surface area contributed by atoms with Gasteiger partial charge in [0.05, 0.1) is 11.4 Å². The molecule has 1 aromatic heterocycles. The van der Waals surface area contributed by atoms with E-state index < -0.39 is 0 Å². The molecule has 8 nitrogen and oxygen atoms in total. The predicted octanol–water partition coefficient (Wildman–Crippen LogP) is 4.54. The number of amides is 3. The highest BCUT2D eigenvalue weighted by molar-refractivity contribution is 7.13. The van der Waals surface area contributed by atoms with Crippen molar-refractivity contribution in [3.63, 3.8) is 0 Å². The molecule has 194 valence electrons. The minimum Gasteiger partial charge on any atom is -0.397 e. The van der Waals surface area contributed by atoms with Crippen molar-refractivity contribution in [2.45, 2.75) is 25.3 Å². The Bertz CT molecular complexity index is 1230. The van der Waals surface area contributed by atoms with Crippen LogP contribution in [0.2, 0.25) is 0 Å². The van der Waals surface area contributed by atoms with Gasteiger partial charge in [-0.2, -0.15) is 0 Å². The maximum Gasteiger partial charge on any atom is 0.320 e. The van der Waals surface area contributed by atoms with Gasteiger partial charge in [0.25, 0.3) is 5.91 Å². The van der Waals surface area contributed by atoms with Crippen LogP contribution in [0.25, 0.3) is 10.4 Å². The molecule has 3 amide bonds. The number of thiophene rings is 1. The monoisotopic (exact) mass is 518 g/mol. The van der Waals surface area contributed by atoms with E-state index in [1.54, 1.807) is 11.3 Å². The van der Waals surface area contributed by atoms with E-state index >= 15 is 0 Å². The molecule has 0 radical (unpaired) electrons. The molecule has 0 saturated carbocycles. The first-order valence-electron chi connectivity index (χ1n) is 12.8. The normalized spacial score (nSPS) is 17.3. The van der Waals surface area contributed by atoms with Crippen molar-refractivity contribution in [1.82, 2.24) is 15.1 Å². The van der Waals surface area contributed by atoms with Crippen molar-refractivity contribution in [2.24, 2.45) is 0 Å². The van der Waals surface area contributed by atoms with Crippen LogP contribution < -0.4 is 21.7 Å². The highest BCUT2D eigenvalue weighted by atomic mass is 32.1. The summed E-state index contributed by atoms with van der Waals surface area (Å²) in [7, 11) is 0. The molecule has 2 saturated heterocycles. The van der Waals surface area contributed by atoms with Crippen LogP contribution in [0, 0.1) is 0 Å². The molecule has 0 unspecified atom stereocenters. The minimum atomic E-state index is -0.201. The summed E-state index contributed by atoms with van der Waals surface area (Å²) in [6.45, 7) is 6.94. The van der Waals surface area contributed by atoms with Crippen LogP contribution in [-0.2, 0) is 0 Å². The lowest BCUT2D eigenvalue weighted by atomic mass is 9.89. The molecule has 5 N–H and O–H groups in total. The van der Waals surface area contributed by atoms with Crippen LogP contribution in [0.15, 0.2) is 60.0 Å². The quantitative estimate of drug-likeness (QED) is 0.372. The minimum absolute atomic E-state index is 0.110. The fraction of sp³-hybridized carbons (Fsp3) is 0.357. The Balaban J connectivity index is 1.17. The van der Waals surface area contributed by atoms with Crippen molar-refractivity contribution in [2.75, 3.05) is 55.6 Å². The van der Waals surface area contributed by atoms with Gasteiger partial charge in [0.2, 0.25) is 0 Å². The molecule has 2 fully saturated rings. The Morgan fingerprint density at radius 3 is 2.35 bits per heavy atom. The number of hydrogen-bond donors (Lipinski definition) is 4. The van der Waals surface area contributed by atoms with Gasteiger partial charge in [-0.3, -0.25) is 4.79 Å². The lowest BCUT2D eigenvalue weighted by molar-refractivity contribution is 0.102. The van der Waals surface area contributed by atoms with Gasteiger partial charge < -0.3 is 31.5 Å². The number of nitrogens with one attached hydrogen (secondary N) is 3. The molecule has 3 heterocycles. The zero-order valence-electron chi connectivity index (χ0n) is 21.1. The van der Waals surface area contributed by atoms with Crippen LogP contribution in [0.1, 0.15) is 30.1 Å². The number of piperazine rings is 1. The largest absolute Gasteiger partial charge is 0.397 e. The van der Waals surface area contributed by atoms with E-state index in [9.17, 15) is 9.59 Å². The summed E-state index contributed by atoms with van der Waals surface area (Å²) in [4.78, 5) is 30.8. The van der Waals surface area contributed by atoms with Crippen LogP contribution in [-0.4, -0.2) is 66.5 Å². The number of carbonyl (C=O) groups excluding carboxylic acids is 2. The highest BCUT2D eigenvalue weighted by Crippen LogP contribution is 2.31. The summed E-state index contributed by atoms with van der Waals surface area (Å²) in [6.07, 6.45) is 1.74. The molecular formula is C28H34N6O2S. The van der Waals surface area contributed by atoms with Gasteiger partial charge in [-0.15, -0.1) is 11.3 Å². The van der Waals surface area contributed by atoms with Gasteiger partial charge in [0, 0.05) is 60.9 Å². The number of hydrogen-bond acceptors (Lipinski definition) is 6. The van der Waals surface area contributed by atoms with Crippen LogP contribution >= 0.6 is 11.3 Å². The average Bonchev–Trinajstić information content (AvgIpc) is 3.46. The van der Waals surface area contributed by atoms with Gasteiger partial charge in [0.15, 0.2) is 0 Å². The average molecular weight is 519 g/mol. The number of urea groups is 1. The third-order valence-corrected chi connectivity index (χ3v) is 8.14. The number of nitrogens with zero attached hydrogens (tertiary/aromatic N) is 2. The van der Waals surface area contributed by atoms with Crippen LogP contribution in [0.3, 0.4) is 0 Å². The fourth-order valence-electron chi connectivity index (χ4n) is 4.88. The van der Waals surface area contributed by atoms with Gasteiger partial charge >= 0.3 is 6.03 Å². The second kappa shape index (κ2) is 10.8. The summed E-state index contributed by atoms with van der Waals surface area (Å²) < 4.78 is 0.